The van der Waals surface area contributed by atoms with Crippen LogP contribution in [0.3, 0.4) is 0 Å². The van der Waals surface area contributed by atoms with Gasteiger partial charge in [0.15, 0.2) is 0 Å². The lowest BCUT2D eigenvalue weighted by Gasteiger charge is -2.10. The standard InChI is InChI=1S/C22H18N4O4.C21H18N4O5.C21H20N4O2.C19H16N4O2S/c1-14-5-8-17(11-20(14)26(29)30)22(28)25-19-4-2-3-15(10-19)6-7-16-9-18(21(23)27)13-24-12-16;1-13-5-6-15(9-19(13)25(28)29)21(27)24-17-4-2-3-14(7-17)12-30-18-8-16(20(22)26)10-23-11-18;1-14-5-7-16(8-6-14)21(27)25-18-4-2-3-15(9-18)11-24-19-10-17(20(22)26)12-23-13-19;20-18(24)15-9-17(11-22-10-15)26-12-13-2-1-3-16(8-13)23-19(25)14-4-6-21-7-5-14/h2-13H,1H3,(H2,23,27)(H,25,28);2-11H,12H2,1H3,(H2,22,26)(H,24,27);2-10,12-13,24H,11H2,1H3,(H2,22,26)(H,25,27);1-11H,12H2,(H2,20,24)(H,23,25)/b7-6+;;;. The van der Waals surface area contributed by atoms with Gasteiger partial charge >= 0.3 is 0 Å². The SMILES string of the molecule is Cc1ccc(C(=O)Nc2cccc(/C=C/c3cncc(C(N)=O)c3)c2)cc1[N+](=O)[O-].Cc1ccc(C(=O)Nc2cccc(CNc3cncc(C(N)=O)c3)c2)cc1.Cc1ccc(C(=O)Nc2cccc(COc3cncc(C(N)=O)c3)c2)cc1[N+](=O)[O-].NC(=O)c1cncc(SCc2cccc(NC(=O)c3ccncc3)c2)c1. The van der Waals surface area contributed by atoms with Crippen LogP contribution in [0.15, 0.2) is 261 Å². The van der Waals surface area contributed by atoms with Crippen molar-refractivity contribution in [3.63, 3.8) is 0 Å². The number of thioether (sulfide) groups is 1. The fourth-order valence-electron chi connectivity index (χ4n) is 10.2. The highest BCUT2D eigenvalue weighted by molar-refractivity contribution is 7.98. The van der Waals surface area contributed by atoms with E-state index in [2.05, 4.69) is 51.5 Å². The number of aromatic nitrogens is 5. The molecule has 5 heterocycles. The Kier molecular flexibility index (Phi) is 28.8. The fraction of sp³-hybridized carbons (Fsp3) is 0.0723. The number of aryl methyl sites for hydroxylation is 3. The van der Waals surface area contributed by atoms with Crippen molar-refractivity contribution < 1.29 is 52.9 Å². The summed E-state index contributed by atoms with van der Waals surface area (Å²) in [6.07, 6.45) is 18.7. The highest BCUT2D eigenvalue weighted by Crippen LogP contribution is 2.27. The van der Waals surface area contributed by atoms with Gasteiger partial charge in [0.25, 0.3) is 35.0 Å². The number of nitrogens with one attached hydrogen (secondary N) is 5. The van der Waals surface area contributed by atoms with E-state index in [1.54, 1.807) is 154 Å². The molecular weight excluding hydrogens is 1460 g/mol. The molecule has 0 radical (unpaired) electrons. The molecule has 0 aliphatic rings. The maximum absolute atomic E-state index is 12.5. The lowest BCUT2D eigenvalue weighted by Crippen LogP contribution is -2.13. The van der Waals surface area contributed by atoms with E-state index >= 15 is 0 Å². The second kappa shape index (κ2) is 39.9. The number of carbonyl (C=O) groups is 8. The third kappa shape index (κ3) is 25.3. The molecule has 0 bridgehead atoms. The molecule has 0 unspecified atom stereocenters. The van der Waals surface area contributed by atoms with E-state index in [0.29, 0.717) is 91.0 Å². The second-order valence-electron chi connectivity index (χ2n) is 24.7. The van der Waals surface area contributed by atoms with Gasteiger partial charge in [0.1, 0.15) is 12.4 Å². The molecule has 0 aliphatic heterocycles. The summed E-state index contributed by atoms with van der Waals surface area (Å²) in [5.74, 6) is -2.38. The molecule has 7 aromatic carbocycles. The van der Waals surface area contributed by atoms with E-state index in [-0.39, 0.29) is 46.5 Å². The summed E-state index contributed by atoms with van der Waals surface area (Å²) in [4.78, 5) is 136. The number of benzene rings is 7. The molecule has 29 nitrogen and oxygen atoms in total. The lowest BCUT2D eigenvalue weighted by atomic mass is 10.1. The Bertz CT molecular complexity index is 5560. The highest BCUT2D eigenvalue weighted by Gasteiger charge is 2.19. The monoisotopic (exact) mass is 1530 g/mol. The number of hydrogen-bond donors (Lipinski definition) is 9. The van der Waals surface area contributed by atoms with Crippen LogP contribution in [0.2, 0.25) is 0 Å². The maximum atomic E-state index is 12.5. The minimum atomic E-state index is -0.603. The van der Waals surface area contributed by atoms with Gasteiger partial charge in [-0.15, -0.1) is 11.8 Å². The van der Waals surface area contributed by atoms with Crippen LogP contribution in [-0.2, 0) is 18.9 Å². The van der Waals surface area contributed by atoms with Crippen molar-refractivity contribution in [2.24, 2.45) is 22.9 Å². The summed E-state index contributed by atoms with van der Waals surface area (Å²) in [6.45, 7) is 5.89. The number of pyridine rings is 5. The maximum Gasteiger partial charge on any atom is 0.273 e. The van der Waals surface area contributed by atoms with Gasteiger partial charge in [0.05, 0.1) is 44.0 Å². The van der Waals surface area contributed by atoms with Gasteiger partial charge in [-0.3, -0.25) is 83.5 Å². The molecule has 0 saturated heterocycles. The van der Waals surface area contributed by atoms with Crippen molar-refractivity contribution in [3.8, 4) is 5.75 Å². The van der Waals surface area contributed by atoms with E-state index in [1.807, 2.05) is 73.7 Å². The molecule has 12 rings (SSSR count). The fourth-order valence-corrected chi connectivity index (χ4v) is 11.1. The third-order valence-electron chi connectivity index (χ3n) is 16.1. The van der Waals surface area contributed by atoms with Gasteiger partial charge in [-0.25, -0.2) is 0 Å². The van der Waals surface area contributed by atoms with Crippen molar-refractivity contribution >= 4 is 111 Å². The van der Waals surface area contributed by atoms with Crippen LogP contribution in [0.25, 0.3) is 12.2 Å². The minimum absolute atomic E-state index is 0.105. The third-order valence-corrected chi connectivity index (χ3v) is 17.2. The number of nitrogens with zero attached hydrogens (tertiary/aromatic N) is 7. The topological polar surface area (TPSA) is 461 Å². The first kappa shape index (κ1) is 81.6. The van der Waals surface area contributed by atoms with Crippen molar-refractivity contribution in [1.29, 1.82) is 0 Å². The first-order chi connectivity index (χ1) is 54.3. The number of carbonyl (C=O) groups excluding carboxylic acids is 8. The van der Waals surface area contributed by atoms with Crippen LogP contribution in [0.4, 0.5) is 39.8 Å². The average Bonchev–Trinajstić information content (AvgIpc) is 0.836. The molecule has 8 amide bonds. The zero-order chi connectivity index (χ0) is 80.9. The van der Waals surface area contributed by atoms with Crippen LogP contribution in [0.1, 0.15) is 127 Å². The Balaban J connectivity index is 0.000000173. The van der Waals surface area contributed by atoms with Crippen molar-refractivity contribution in [3.05, 3.63) is 365 Å². The largest absolute Gasteiger partial charge is 0.487 e. The van der Waals surface area contributed by atoms with Gasteiger partial charge < -0.3 is 54.3 Å². The summed E-state index contributed by atoms with van der Waals surface area (Å²) in [5, 5.41) is 36.6. The van der Waals surface area contributed by atoms with Crippen molar-refractivity contribution in [2.75, 3.05) is 26.6 Å². The number of nitro groups is 2. The van der Waals surface area contributed by atoms with E-state index in [4.69, 9.17) is 27.7 Å². The number of nitrogens with two attached hydrogens (primary N) is 4. The number of ether oxygens (including phenoxy) is 1. The van der Waals surface area contributed by atoms with Gasteiger partial charge in [0.2, 0.25) is 23.6 Å². The molecule has 13 N–H and O–H groups in total. The number of rotatable bonds is 25. The van der Waals surface area contributed by atoms with Gasteiger partial charge in [-0.05, 0) is 158 Å². The average molecular weight is 1530 g/mol. The highest BCUT2D eigenvalue weighted by atomic mass is 32.2. The number of primary amides is 4. The van der Waals surface area contributed by atoms with Crippen LogP contribution in [-0.4, -0.2) is 82.0 Å². The molecule has 30 heteroatoms. The predicted molar refractivity (Wildman–Crippen MR) is 430 cm³/mol. The Hall–Kier alpha value is -15.5. The van der Waals surface area contributed by atoms with Crippen LogP contribution >= 0.6 is 11.8 Å². The van der Waals surface area contributed by atoms with Crippen LogP contribution < -0.4 is 54.3 Å². The van der Waals surface area contributed by atoms with Gasteiger partial charge in [0, 0.05) is 141 Å². The molecule has 568 valence electrons. The van der Waals surface area contributed by atoms with Crippen molar-refractivity contribution in [1.82, 2.24) is 24.9 Å². The molecule has 0 atom stereocenters. The van der Waals surface area contributed by atoms with Gasteiger partial charge in [-0.2, -0.15) is 0 Å². The van der Waals surface area contributed by atoms with Crippen molar-refractivity contribution in [2.45, 2.75) is 44.6 Å². The second-order valence-corrected chi connectivity index (χ2v) is 25.7. The van der Waals surface area contributed by atoms with E-state index < -0.39 is 45.3 Å². The molecule has 12 aromatic rings. The van der Waals surface area contributed by atoms with Gasteiger partial charge in [-0.1, -0.05) is 90.5 Å². The molecule has 0 fully saturated rings. The summed E-state index contributed by atoms with van der Waals surface area (Å²) in [5.41, 5.74) is 33.1. The first-order valence-electron chi connectivity index (χ1n) is 34.1. The number of hydrogen-bond acceptors (Lipinski definition) is 20. The Labute approximate surface area is 650 Å². The van der Waals surface area contributed by atoms with E-state index in [0.717, 1.165) is 32.7 Å². The minimum Gasteiger partial charge on any atom is -0.487 e. The summed E-state index contributed by atoms with van der Waals surface area (Å²) in [7, 11) is 0. The predicted octanol–water partition coefficient (Wildman–Crippen LogP) is 13.5. The molecule has 5 aromatic heterocycles. The lowest BCUT2D eigenvalue weighted by molar-refractivity contribution is -0.385. The van der Waals surface area contributed by atoms with E-state index in [1.165, 1.54) is 73.1 Å². The molecular formula is C83H72N16O13S. The number of nitro benzene ring substituents is 2. The molecule has 113 heavy (non-hydrogen) atoms. The quantitative estimate of drug-likeness (QED) is 0.0146. The zero-order valence-electron chi connectivity index (χ0n) is 60.7. The smallest absolute Gasteiger partial charge is 0.273 e. The Morgan fingerprint density at radius 1 is 0.398 bits per heavy atom. The molecule has 0 spiro atoms. The summed E-state index contributed by atoms with van der Waals surface area (Å²) >= 11 is 1.54. The van der Waals surface area contributed by atoms with E-state index in [9.17, 15) is 58.6 Å². The van der Waals surface area contributed by atoms with Crippen LogP contribution in [0.5, 0.6) is 5.75 Å². The number of amides is 8. The Morgan fingerprint density at radius 3 is 1.39 bits per heavy atom. The van der Waals surface area contributed by atoms with Crippen LogP contribution in [0, 0.1) is 41.0 Å². The summed E-state index contributed by atoms with van der Waals surface area (Å²) < 4.78 is 5.62. The first-order valence-corrected chi connectivity index (χ1v) is 35.0. The normalized spacial score (nSPS) is 10.4. The summed E-state index contributed by atoms with van der Waals surface area (Å²) in [6, 6.07) is 55.1. The molecule has 0 saturated carbocycles. The molecule has 0 aliphatic carbocycles. The number of anilines is 5. The Morgan fingerprint density at radius 2 is 0.832 bits per heavy atom. The zero-order valence-corrected chi connectivity index (χ0v) is 61.5.